The number of nitriles is 2. The Kier molecular flexibility index (Phi) is 6.92. The molecule has 1 N–H and O–H groups in total. The fourth-order valence-electron chi connectivity index (χ4n) is 5.38. The van der Waals surface area contributed by atoms with Crippen molar-refractivity contribution in [3.8, 4) is 12.1 Å². The van der Waals surface area contributed by atoms with Gasteiger partial charge in [0.1, 0.15) is 17.7 Å². The summed E-state index contributed by atoms with van der Waals surface area (Å²) >= 11 is 0. The number of benzene rings is 1. The molecule has 5 unspecified atom stereocenters. The second-order valence-electron chi connectivity index (χ2n) is 10.9. The molecule has 36 heavy (non-hydrogen) atoms. The number of alkyl carbamates (subject to hydrolysis) is 1. The summed E-state index contributed by atoms with van der Waals surface area (Å²) in [6, 6.07) is 9.23. The number of ether oxygens (including phenoxy) is 1. The Bertz CT molecular complexity index is 1120. The van der Waals surface area contributed by atoms with E-state index in [1.54, 1.807) is 49.9 Å². The molecule has 0 radical (unpaired) electrons. The molecule has 3 heterocycles. The molecule has 3 aliphatic heterocycles. The van der Waals surface area contributed by atoms with E-state index in [-0.39, 0.29) is 30.3 Å². The average Bonchev–Trinajstić information content (AvgIpc) is 3.49. The standard InChI is InChI=1S/C26H32N6O4/c1-16-9-19(12-28)31(13-16)23(33)21(29-25(35)36-26(2,3)4)15-30-14-20-10-22(30)24(34)32(20)18-7-5-17(11-27)6-8-18/h5-8,16,19-22H,9-10,13-15H2,1-4H3,(H,29,35). The lowest BCUT2D eigenvalue weighted by atomic mass is 10.1. The van der Waals surface area contributed by atoms with E-state index in [9.17, 15) is 19.6 Å². The number of rotatable bonds is 5. The van der Waals surface area contributed by atoms with Crippen LogP contribution in [0.2, 0.25) is 0 Å². The first-order valence-electron chi connectivity index (χ1n) is 12.3. The molecule has 10 nitrogen and oxygen atoms in total. The molecule has 190 valence electrons. The molecule has 0 aliphatic carbocycles. The molecule has 3 amide bonds. The van der Waals surface area contributed by atoms with Gasteiger partial charge in [0.2, 0.25) is 11.8 Å². The number of carbonyl (C=O) groups is 3. The maximum absolute atomic E-state index is 13.5. The van der Waals surface area contributed by atoms with Crippen molar-refractivity contribution in [1.82, 2.24) is 15.1 Å². The molecule has 1 aromatic carbocycles. The summed E-state index contributed by atoms with van der Waals surface area (Å²) in [6.45, 7) is 8.36. The Labute approximate surface area is 211 Å². The second-order valence-corrected chi connectivity index (χ2v) is 10.9. The molecule has 3 fully saturated rings. The first kappa shape index (κ1) is 25.5. The van der Waals surface area contributed by atoms with E-state index in [2.05, 4.69) is 17.5 Å². The minimum absolute atomic E-state index is 0.0635. The van der Waals surface area contributed by atoms with Gasteiger partial charge in [0, 0.05) is 25.3 Å². The molecule has 3 aliphatic rings. The lowest BCUT2D eigenvalue weighted by Gasteiger charge is -2.36. The number of hydrogen-bond donors (Lipinski definition) is 1. The van der Waals surface area contributed by atoms with Crippen LogP contribution in [0.15, 0.2) is 24.3 Å². The van der Waals surface area contributed by atoms with Gasteiger partial charge in [0.05, 0.1) is 29.8 Å². The molecule has 0 aromatic heterocycles. The molecule has 0 saturated carbocycles. The van der Waals surface area contributed by atoms with Gasteiger partial charge in [0.25, 0.3) is 0 Å². The van der Waals surface area contributed by atoms with Crippen LogP contribution in [0.4, 0.5) is 10.5 Å². The molecule has 1 aromatic rings. The zero-order valence-corrected chi connectivity index (χ0v) is 21.1. The monoisotopic (exact) mass is 492 g/mol. The number of piperazine rings is 1. The van der Waals surface area contributed by atoms with Crippen LogP contribution < -0.4 is 10.2 Å². The van der Waals surface area contributed by atoms with Crippen molar-refractivity contribution in [3.63, 3.8) is 0 Å². The minimum Gasteiger partial charge on any atom is -0.444 e. The van der Waals surface area contributed by atoms with E-state index in [1.165, 1.54) is 4.90 Å². The topological polar surface area (TPSA) is 130 Å². The summed E-state index contributed by atoms with van der Waals surface area (Å²) in [7, 11) is 0. The van der Waals surface area contributed by atoms with Gasteiger partial charge in [-0.25, -0.2) is 4.79 Å². The number of nitrogens with one attached hydrogen (secondary N) is 1. The third-order valence-corrected chi connectivity index (χ3v) is 6.89. The van der Waals surface area contributed by atoms with Crippen LogP contribution in [0.3, 0.4) is 0 Å². The van der Waals surface area contributed by atoms with Crippen molar-refractivity contribution in [3.05, 3.63) is 29.8 Å². The fraction of sp³-hybridized carbons (Fsp3) is 0.577. The maximum Gasteiger partial charge on any atom is 0.408 e. The van der Waals surface area contributed by atoms with Gasteiger partial charge in [0.15, 0.2) is 0 Å². The van der Waals surface area contributed by atoms with E-state index in [0.717, 1.165) is 5.69 Å². The molecule has 0 spiro atoms. The van der Waals surface area contributed by atoms with E-state index >= 15 is 0 Å². The molecular formula is C26H32N6O4. The Hall–Kier alpha value is -3.63. The van der Waals surface area contributed by atoms with Gasteiger partial charge in [-0.05, 0) is 63.8 Å². The molecule has 10 heteroatoms. The summed E-state index contributed by atoms with van der Waals surface area (Å²) in [4.78, 5) is 44.6. The van der Waals surface area contributed by atoms with Crippen LogP contribution in [0.5, 0.6) is 0 Å². The van der Waals surface area contributed by atoms with Crippen LogP contribution in [-0.2, 0) is 14.3 Å². The van der Waals surface area contributed by atoms with E-state index < -0.39 is 29.8 Å². The third kappa shape index (κ3) is 5.14. The number of nitrogens with zero attached hydrogens (tertiary/aromatic N) is 5. The number of hydrogen-bond acceptors (Lipinski definition) is 7. The van der Waals surface area contributed by atoms with Gasteiger partial charge < -0.3 is 19.9 Å². The smallest absolute Gasteiger partial charge is 0.408 e. The second kappa shape index (κ2) is 9.79. The highest BCUT2D eigenvalue weighted by Gasteiger charge is 2.51. The largest absolute Gasteiger partial charge is 0.444 e. The molecule has 5 atom stereocenters. The van der Waals surface area contributed by atoms with Gasteiger partial charge in [-0.3, -0.25) is 14.5 Å². The van der Waals surface area contributed by atoms with Crippen LogP contribution >= 0.6 is 0 Å². The zero-order chi connectivity index (χ0) is 26.2. The average molecular weight is 493 g/mol. The quantitative estimate of drug-likeness (QED) is 0.665. The molecule has 3 saturated heterocycles. The van der Waals surface area contributed by atoms with E-state index in [1.807, 2.05) is 11.8 Å². The molecule has 4 rings (SSSR count). The number of anilines is 1. The van der Waals surface area contributed by atoms with Gasteiger partial charge in [-0.1, -0.05) is 6.92 Å². The van der Waals surface area contributed by atoms with Gasteiger partial charge >= 0.3 is 6.09 Å². The third-order valence-electron chi connectivity index (χ3n) is 6.89. The summed E-state index contributed by atoms with van der Waals surface area (Å²) in [5.41, 5.74) is 0.534. The number of amides is 3. The fourth-order valence-corrected chi connectivity index (χ4v) is 5.38. The Morgan fingerprint density at radius 1 is 1.17 bits per heavy atom. The van der Waals surface area contributed by atoms with Crippen LogP contribution in [-0.4, -0.2) is 77.1 Å². The number of carbonyl (C=O) groups excluding carboxylic acids is 3. The summed E-state index contributed by atoms with van der Waals surface area (Å²) < 4.78 is 5.39. The Morgan fingerprint density at radius 2 is 1.86 bits per heavy atom. The van der Waals surface area contributed by atoms with Crippen molar-refractivity contribution in [2.75, 3.05) is 24.5 Å². The maximum atomic E-state index is 13.5. The van der Waals surface area contributed by atoms with Crippen molar-refractivity contribution < 1.29 is 19.1 Å². The molecular weight excluding hydrogens is 460 g/mol. The van der Waals surface area contributed by atoms with Crippen molar-refractivity contribution >= 4 is 23.6 Å². The lowest BCUT2D eigenvalue weighted by Crippen LogP contribution is -2.59. The van der Waals surface area contributed by atoms with Crippen LogP contribution in [0.25, 0.3) is 0 Å². The normalized spacial score (nSPS) is 26.4. The lowest BCUT2D eigenvalue weighted by molar-refractivity contribution is -0.135. The first-order chi connectivity index (χ1) is 17.0. The minimum atomic E-state index is -0.948. The molecule has 2 bridgehead atoms. The van der Waals surface area contributed by atoms with Crippen molar-refractivity contribution in [2.24, 2.45) is 5.92 Å². The Morgan fingerprint density at radius 3 is 2.44 bits per heavy atom. The van der Waals surface area contributed by atoms with Crippen molar-refractivity contribution in [1.29, 1.82) is 10.5 Å². The van der Waals surface area contributed by atoms with Gasteiger partial charge in [-0.15, -0.1) is 0 Å². The van der Waals surface area contributed by atoms with E-state index in [4.69, 9.17) is 10.00 Å². The summed E-state index contributed by atoms with van der Waals surface area (Å²) in [5, 5.41) is 21.3. The van der Waals surface area contributed by atoms with Gasteiger partial charge in [-0.2, -0.15) is 10.5 Å². The zero-order valence-electron chi connectivity index (χ0n) is 21.1. The number of likely N-dealkylation sites (tertiary alicyclic amines) is 2. The Balaban J connectivity index is 1.50. The van der Waals surface area contributed by atoms with Crippen LogP contribution in [0, 0.1) is 28.6 Å². The first-order valence-corrected chi connectivity index (χ1v) is 12.3. The SMILES string of the molecule is CC1CC(C#N)N(C(=O)C(CN2CC3CC2C(=O)N3c2ccc(C#N)cc2)NC(=O)OC(C)(C)C)C1. The highest BCUT2D eigenvalue weighted by molar-refractivity contribution is 6.01. The predicted octanol–water partition coefficient (Wildman–Crippen LogP) is 2.00. The van der Waals surface area contributed by atoms with Crippen LogP contribution in [0.1, 0.15) is 46.1 Å². The highest BCUT2D eigenvalue weighted by atomic mass is 16.6. The number of fused-ring (bicyclic) bond motifs is 2. The predicted molar refractivity (Wildman–Crippen MR) is 130 cm³/mol. The van der Waals surface area contributed by atoms with E-state index in [0.29, 0.717) is 31.5 Å². The van der Waals surface area contributed by atoms with Crippen molar-refractivity contribution in [2.45, 2.75) is 70.3 Å². The highest BCUT2D eigenvalue weighted by Crippen LogP contribution is 2.36. The summed E-state index contributed by atoms with van der Waals surface area (Å²) in [6.07, 6.45) is 0.498. The summed E-state index contributed by atoms with van der Waals surface area (Å²) in [5.74, 6) is -0.216.